The Morgan fingerprint density at radius 2 is 2.18 bits per heavy atom. The number of hydrogen-bond acceptors (Lipinski definition) is 5. The third-order valence-electron chi connectivity index (χ3n) is 5.07. The van der Waals surface area contributed by atoms with Gasteiger partial charge in [-0.15, -0.1) is 23.1 Å². The van der Waals surface area contributed by atoms with E-state index in [-0.39, 0.29) is 11.5 Å². The summed E-state index contributed by atoms with van der Waals surface area (Å²) in [4.78, 5) is 34.2. The second-order valence-corrected chi connectivity index (χ2v) is 9.14. The first kappa shape index (κ1) is 19.2. The number of carbonyl (C=O) groups excluding carboxylic acids is 1. The fourth-order valence-corrected chi connectivity index (χ4v) is 5.63. The van der Waals surface area contributed by atoms with Gasteiger partial charge in [-0.25, -0.2) is 4.98 Å². The van der Waals surface area contributed by atoms with Gasteiger partial charge in [0.05, 0.1) is 16.9 Å². The lowest BCUT2D eigenvalue weighted by Crippen LogP contribution is -2.27. The molecule has 0 radical (unpaired) electrons. The van der Waals surface area contributed by atoms with Crippen molar-refractivity contribution in [2.45, 2.75) is 38.4 Å². The van der Waals surface area contributed by atoms with Crippen molar-refractivity contribution in [1.29, 1.82) is 0 Å². The molecule has 7 heteroatoms. The van der Waals surface area contributed by atoms with Gasteiger partial charge in [0.25, 0.3) is 5.56 Å². The Labute approximate surface area is 172 Å². The molecular weight excluding hydrogens is 390 g/mol. The normalized spacial score (nSPS) is 13.0. The van der Waals surface area contributed by atoms with Crippen LogP contribution in [0.25, 0.3) is 10.2 Å². The number of thiophene rings is 1. The van der Waals surface area contributed by atoms with Crippen LogP contribution in [0.5, 0.6) is 0 Å². The van der Waals surface area contributed by atoms with E-state index in [1.165, 1.54) is 33.3 Å². The molecule has 0 unspecified atom stereocenters. The first-order chi connectivity index (χ1) is 13.6. The Kier molecular flexibility index (Phi) is 5.82. The highest BCUT2D eigenvalue weighted by Gasteiger charge is 2.21. The molecule has 4 rings (SSSR count). The topological polar surface area (TPSA) is 74.8 Å². The van der Waals surface area contributed by atoms with Crippen LogP contribution in [0.15, 0.2) is 29.1 Å². The van der Waals surface area contributed by atoms with Gasteiger partial charge in [-0.05, 0) is 49.3 Å². The minimum Gasteiger partial charge on any atom is -0.355 e. The Hall–Kier alpha value is -2.12. The molecule has 146 valence electrons. The minimum atomic E-state index is -0.0392. The van der Waals surface area contributed by atoms with Crippen molar-refractivity contribution in [3.05, 3.63) is 62.0 Å². The number of nitrogens with zero attached hydrogens (tertiary/aromatic N) is 1. The van der Waals surface area contributed by atoms with E-state index in [2.05, 4.69) is 34.3 Å². The number of amides is 1. The largest absolute Gasteiger partial charge is 0.355 e. The van der Waals surface area contributed by atoms with Crippen LogP contribution in [0, 0.1) is 6.92 Å². The Balaban J connectivity index is 1.27. The van der Waals surface area contributed by atoms with Gasteiger partial charge < -0.3 is 10.3 Å². The molecular formula is C21H23N3O2S2. The van der Waals surface area contributed by atoms with Crippen LogP contribution in [0.4, 0.5) is 0 Å². The molecule has 0 bridgehead atoms. The summed E-state index contributed by atoms with van der Waals surface area (Å²) in [5, 5.41) is 3.74. The van der Waals surface area contributed by atoms with Crippen molar-refractivity contribution >= 4 is 39.2 Å². The Bertz CT molecular complexity index is 1070. The minimum absolute atomic E-state index is 0.0112. The number of aromatic amines is 1. The van der Waals surface area contributed by atoms with Crippen molar-refractivity contribution in [1.82, 2.24) is 15.3 Å². The van der Waals surface area contributed by atoms with E-state index < -0.39 is 0 Å². The van der Waals surface area contributed by atoms with Gasteiger partial charge in [0.15, 0.2) is 0 Å². The lowest BCUT2D eigenvalue weighted by molar-refractivity contribution is -0.118. The van der Waals surface area contributed by atoms with Crippen LogP contribution in [0.3, 0.4) is 0 Å². The van der Waals surface area contributed by atoms with Crippen molar-refractivity contribution in [2.24, 2.45) is 0 Å². The SMILES string of the molecule is Cc1ccccc1CCNC(=O)CSCc1nc2sc3c(c2c(=O)[nH]1)CCC3. The number of thioether (sulfide) groups is 1. The average Bonchev–Trinajstić information content (AvgIpc) is 3.24. The maximum Gasteiger partial charge on any atom is 0.259 e. The first-order valence-electron chi connectivity index (χ1n) is 9.54. The monoisotopic (exact) mass is 413 g/mol. The van der Waals surface area contributed by atoms with Gasteiger partial charge >= 0.3 is 0 Å². The van der Waals surface area contributed by atoms with Crippen LogP contribution in [-0.2, 0) is 29.8 Å². The number of benzene rings is 1. The first-order valence-corrected chi connectivity index (χ1v) is 11.5. The van der Waals surface area contributed by atoms with Crippen LogP contribution >= 0.6 is 23.1 Å². The zero-order valence-corrected chi connectivity index (χ0v) is 17.5. The van der Waals surface area contributed by atoms with Crippen LogP contribution < -0.4 is 10.9 Å². The summed E-state index contributed by atoms with van der Waals surface area (Å²) in [6.45, 7) is 2.71. The molecule has 2 aromatic heterocycles. The van der Waals surface area contributed by atoms with Crippen molar-refractivity contribution in [3.63, 3.8) is 0 Å². The third kappa shape index (κ3) is 4.15. The fourth-order valence-electron chi connectivity index (χ4n) is 3.63. The van der Waals surface area contributed by atoms with Gasteiger partial charge in [-0.2, -0.15) is 0 Å². The van der Waals surface area contributed by atoms with Gasteiger partial charge in [-0.1, -0.05) is 24.3 Å². The van der Waals surface area contributed by atoms with E-state index in [4.69, 9.17) is 0 Å². The number of rotatable bonds is 7. The van der Waals surface area contributed by atoms with E-state index in [1.807, 2.05) is 12.1 Å². The van der Waals surface area contributed by atoms with Gasteiger partial charge in [0, 0.05) is 11.4 Å². The molecule has 1 aliphatic carbocycles. The predicted octanol–water partition coefficient (Wildman–Crippen LogP) is 3.37. The molecule has 0 saturated heterocycles. The molecule has 2 heterocycles. The zero-order valence-electron chi connectivity index (χ0n) is 15.8. The molecule has 0 saturated carbocycles. The molecule has 28 heavy (non-hydrogen) atoms. The van der Waals surface area contributed by atoms with Crippen LogP contribution in [0.1, 0.15) is 33.8 Å². The molecule has 0 atom stereocenters. The summed E-state index contributed by atoms with van der Waals surface area (Å²) in [6.07, 6.45) is 4.00. The van der Waals surface area contributed by atoms with Crippen molar-refractivity contribution < 1.29 is 4.79 Å². The Morgan fingerprint density at radius 3 is 3.04 bits per heavy atom. The average molecular weight is 414 g/mol. The molecule has 3 aromatic rings. The van der Waals surface area contributed by atoms with E-state index in [1.54, 1.807) is 11.3 Å². The second-order valence-electron chi connectivity index (χ2n) is 7.07. The van der Waals surface area contributed by atoms with Crippen molar-refractivity contribution in [2.75, 3.05) is 12.3 Å². The lowest BCUT2D eigenvalue weighted by atomic mass is 10.1. The predicted molar refractivity (Wildman–Crippen MR) is 116 cm³/mol. The maximum atomic E-state index is 12.4. The third-order valence-corrected chi connectivity index (χ3v) is 7.20. The maximum absolute atomic E-state index is 12.4. The summed E-state index contributed by atoms with van der Waals surface area (Å²) in [6, 6.07) is 8.22. The highest BCUT2D eigenvalue weighted by atomic mass is 32.2. The number of aryl methyl sites for hydroxylation is 3. The second kappa shape index (κ2) is 8.49. The Morgan fingerprint density at radius 1 is 1.32 bits per heavy atom. The standard InChI is InChI=1S/C21H23N3O2S2/c1-13-5-2-3-6-14(13)9-10-22-18(25)12-27-11-17-23-20(26)19-15-7-4-8-16(15)28-21(19)24-17/h2-3,5-6H,4,7-12H2,1H3,(H,22,25)(H,23,24,26). The number of H-pyrrole nitrogens is 1. The number of aromatic nitrogens is 2. The number of nitrogens with one attached hydrogen (secondary N) is 2. The molecule has 1 aliphatic rings. The van der Waals surface area contributed by atoms with E-state index in [0.29, 0.717) is 23.9 Å². The van der Waals surface area contributed by atoms with Gasteiger partial charge in [0.1, 0.15) is 10.7 Å². The smallest absolute Gasteiger partial charge is 0.259 e. The van der Waals surface area contributed by atoms with Crippen LogP contribution in [-0.4, -0.2) is 28.2 Å². The zero-order chi connectivity index (χ0) is 19.5. The quantitative estimate of drug-likeness (QED) is 0.623. The molecule has 0 fully saturated rings. The summed E-state index contributed by atoms with van der Waals surface area (Å²) < 4.78 is 0. The molecule has 5 nitrogen and oxygen atoms in total. The van der Waals surface area contributed by atoms with E-state index in [9.17, 15) is 9.59 Å². The summed E-state index contributed by atoms with van der Waals surface area (Å²) in [5.74, 6) is 1.54. The van der Waals surface area contributed by atoms with Gasteiger partial charge in [0.2, 0.25) is 5.91 Å². The van der Waals surface area contributed by atoms with Crippen LogP contribution in [0.2, 0.25) is 0 Å². The summed E-state index contributed by atoms with van der Waals surface area (Å²) in [7, 11) is 0. The fraction of sp³-hybridized carbons (Fsp3) is 0.381. The molecule has 0 spiro atoms. The number of carbonyl (C=O) groups is 1. The molecule has 2 N–H and O–H groups in total. The highest BCUT2D eigenvalue weighted by molar-refractivity contribution is 7.99. The summed E-state index contributed by atoms with van der Waals surface area (Å²) >= 11 is 3.12. The van der Waals surface area contributed by atoms with E-state index >= 15 is 0 Å². The van der Waals surface area contributed by atoms with E-state index in [0.717, 1.165) is 35.9 Å². The number of fused-ring (bicyclic) bond motifs is 3. The highest BCUT2D eigenvalue weighted by Crippen LogP contribution is 2.34. The molecule has 0 aliphatic heterocycles. The lowest BCUT2D eigenvalue weighted by Gasteiger charge is -2.07. The summed E-state index contributed by atoms with van der Waals surface area (Å²) in [5.41, 5.74) is 3.66. The van der Waals surface area contributed by atoms with Crippen molar-refractivity contribution in [3.8, 4) is 0 Å². The number of hydrogen-bond donors (Lipinski definition) is 2. The molecule has 1 amide bonds. The molecule has 1 aromatic carbocycles. The van der Waals surface area contributed by atoms with Gasteiger partial charge in [-0.3, -0.25) is 9.59 Å².